The van der Waals surface area contributed by atoms with Crippen molar-refractivity contribution in [3.63, 3.8) is 0 Å². The molecule has 0 fully saturated rings. The molecule has 6 heteroatoms. The van der Waals surface area contributed by atoms with Crippen LogP contribution in [0.25, 0.3) is 0 Å². The van der Waals surface area contributed by atoms with Crippen LogP contribution < -0.4 is 5.32 Å². The number of hydrogen-bond donors (Lipinski definition) is 1. The first-order valence-corrected chi connectivity index (χ1v) is 7.60. The highest BCUT2D eigenvalue weighted by molar-refractivity contribution is 7.92. The Kier molecular flexibility index (Phi) is 4.69. The summed E-state index contributed by atoms with van der Waals surface area (Å²) in [5, 5.41) is 3.22. The summed E-state index contributed by atoms with van der Waals surface area (Å²) in [6.07, 6.45) is 4.75. The molecule has 0 saturated carbocycles. The highest BCUT2D eigenvalue weighted by atomic mass is 32.2. The quantitative estimate of drug-likeness (QED) is 0.766. The summed E-state index contributed by atoms with van der Waals surface area (Å²) >= 11 is 1.27. The summed E-state index contributed by atoms with van der Waals surface area (Å²) in [5.74, 6) is 0. The van der Waals surface area contributed by atoms with Crippen molar-refractivity contribution in [2.75, 3.05) is 19.3 Å². The Labute approximate surface area is 94.7 Å². The SMILES string of the molecule is CCNCCCc1cnc(S(C)(=O)=O)s1. The first kappa shape index (κ1) is 12.6. The predicted octanol–water partition coefficient (Wildman–Crippen LogP) is 1.09. The van der Waals surface area contributed by atoms with E-state index in [0.29, 0.717) is 0 Å². The molecular formula is C9H16N2O2S2. The lowest BCUT2D eigenvalue weighted by atomic mass is 10.3. The molecule has 0 saturated heterocycles. The van der Waals surface area contributed by atoms with Gasteiger partial charge in [0.2, 0.25) is 14.2 Å². The summed E-state index contributed by atoms with van der Waals surface area (Å²) in [4.78, 5) is 4.93. The topological polar surface area (TPSA) is 59.1 Å². The van der Waals surface area contributed by atoms with E-state index < -0.39 is 9.84 Å². The lowest BCUT2D eigenvalue weighted by Crippen LogP contribution is -2.14. The molecule has 0 aliphatic rings. The van der Waals surface area contributed by atoms with Gasteiger partial charge in [-0.2, -0.15) is 0 Å². The second kappa shape index (κ2) is 5.58. The first-order valence-electron chi connectivity index (χ1n) is 4.89. The fraction of sp³-hybridized carbons (Fsp3) is 0.667. The van der Waals surface area contributed by atoms with Crippen LogP contribution in [0.5, 0.6) is 0 Å². The third-order valence-electron chi connectivity index (χ3n) is 1.88. The fourth-order valence-corrected chi connectivity index (χ4v) is 2.99. The Morgan fingerprint density at radius 2 is 2.27 bits per heavy atom. The molecule has 1 N–H and O–H groups in total. The highest BCUT2D eigenvalue weighted by Gasteiger charge is 2.11. The molecule has 0 bridgehead atoms. The molecule has 15 heavy (non-hydrogen) atoms. The van der Waals surface area contributed by atoms with Gasteiger partial charge in [-0.25, -0.2) is 13.4 Å². The third-order valence-corrected chi connectivity index (χ3v) is 4.63. The van der Waals surface area contributed by atoms with Gasteiger partial charge >= 0.3 is 0 Å². The molecule has 0 aliphatic heterocycles. The van der Waals surface area contributed by atoms with Crippen LogP contribution in [0.2, 0.25) is 0 Å². The van der Waals surface area contributed by atoms with E-state index in [4.69, 9.17) is 0 Å². The van der Waals surface area contributed by atoms with Crippen molar-refractivity contribution in [3.05, 3.63) is 11.1 Å². The molecule has 0 aromatic carbocycles. The molecule has 0 radical (unpaired) electrons. The lowest BCUT2D eigenvalue weighted by molar-refractivity contribution is 0.601. The minimum absolute atomic E-state index is 0.223. The molecule has 0 unspecified atom stereocenters. The van der Waals surface area contributed by atoms with Crippen LogP contribution in [0, 0.1) is 0 Å². The molecule has 1 heterocycles. The average molecular weight is 248 g/mol. The van der Waals surface area contributed by atoms with Gasteiger partial charge in [-0.1, -0.05) is 6.92 Å². The molecule has 0 amide bonds. The maximum absolute atomic E-state index is 11.2. The molecule has 0 atom stereocenters. The molecular weight excluding hydrogens is 232 g/mol. The maximum atomic E-state index is 11.2. The van der Waals surface area contributed by atoms with Crippen molar-refractivity contribution in [1.29, 1.82) is 0 Å². The zero-order valence-electron chi connectivity index (χ0n) is 8.99. The Balaban J connectivity index is 2.47. The van der Waals surface area contributed by atoms with E-state index in [1.54, 1.807) is 6.20 Å². The number of sulfone groups is 1. The molecule has 1 aromatic heterocycles. The van der Waals surface area contributed by atoms with E-state index in [-0.39, 0.29) is 4.34 Å². The normalized spacial score (nSPS) is 11.9. The van der Waals surface area contributed by atoms with Crippen LogP contribution in [0.1, 0.15) is 18.2 Å². The van der Waals surface area contributed by atoms with Gasteiger partial charge < -0.3 is 5.32 Å². The van der Waals surface area contributed by atoms with Gasteiger partial charge in [-0.3, -0.25) is 0 Å². The number of thiazole rings is 1. The summed E-state index contributed by atoms with van der Waals surface area (Å²) in [7, 11) is -3.13. The smallest absolute Gasteiger partial charge is 0.209 e. The van der Waals surface area contributed by atoms with E-state index >= 15 is 0 Å². The van der Waals surface area contributed by atoms with Crippen LogP contribution in [-0.2, 0) is 16.3 Å². The van der Waals surface area contributed by atoms with Gasteiger partial charge in [0.05, 0.1) is 0 Å². The van der Waals surface area contributed by atoms with E-state index in [0.717, 1.165) is 30.8 Å². The fourth-order valence-electron chi connectivity index (χ4n) is 1.14. The third kappa shape index (κ3) is 4.27. The van der Waals surface area contributed by atoms with Gasteiger partial charge in [0, 0.05) is 17.3 Å². The summed E-state index contributed by atoms with van der Waals surface area (Å²) in [6.45, 7) is 3.99. The first-order chi connectivity index (χ1) is 7.04. The highest BCUT2D eigenvalue weighted by Crippen LogP contribution is 2.18. The van der Waals surface area contributed by atoms with Crippen molar-refractivity contribution < 1.29 is 8.42 Å². The largest absolute Gasteiger partial charge is 0.317 e. The lowest BCUT2D eigenvalue weighted by Gasteiger charge is -1.98. The van der Waals surface area contributed by atoms with E-state index in [9.17, 15) is 8.42 Å². The second-order valence-corrected chi connectivity index (χ2v) is 6.63. The van der Waals surface area contributed by atoms with Crippen LogP contribution >= 0.6 is 11.3 Å². The zero-order chi connectivity index (χ0) is 11.3. The number of nitrogens with zero attached hydrogens (tertiary/aromatic N) is 1. The van der Waals surface area contributed by atoms with Crippen molar-refractivity contribution in [3.8, 4) is 0 Å². The van der Waals surface area contributed by atoms with E-state index in [1.807, 2.05) is 0 Å². The van der Waals surface area contributed by atoms with Crippen LogP contribution in [0.4, 0.5) is 0 Å². The predicted molar refractivity (Wildman–Crippen MR) is 62.1 cm³/mol. The van der Waals surface area contributed by atoms with Crippen molar-refractivity contribution in [2.24, 2.45) is 0 Å². The Morgan fingerprint density at radius 1 is 1.53 bits per heavy atom. The van der Waals surface area contributed by atoms with Gasteiger partial charge in [0.25, 0.3) is 0 Å². The summed E-state index contributed by atoms with van der Waals surface area (Å²) in [6, 6.07) is 0. The van der Waals surface area contributed by atoms with Gasteiger partial charge in [0.1, 0.15) is 0 Å². The molecule has 1 rings (SSSR count). The van der Waals surface area contributed by atoms with Crippen LogP contribution in [0.3, 0.4) is 0 Å². The van der Waals surface area contributed by atoms with Crippen molar-refractivity contribution in [1.82, 2.24) is 10.3 Å². The number of aryl methyl sites for hydroxylation is 1. The number of aromatic nitrogens is 1. The maximum Gasteiger partial charge on any atom is 0.209 e. The molecule has 4 nitrogen and oxygen atoms in total. The van der Waals surface area contributed by atoms with Crippen molar-refractivity contribution >= 4 is 21.2 Å². The molecule has 0 aliphatic carbocycles. The number of hydrogen-bond acceptors (Lipinski definition) is 5. The Hall–Kier alpha value is -0.460. The molecule has 0 spiro atoms. The number of rotatable bonds is 6. The van der Waals surface area contributed by atoms with Gasteiger partial charge in [-0.05, 0) is 25.9 Å². The van der Waals surface area contributed by atoms with Crippen LogP contribution in [0.15, 0.2) is 10.5 Å². The van der Waals surface area contributed by atoms with E-state index in [2.05, 4.69) is 17.2 Å². The van der Waals surface area contributed by atoms with E-state index in [1.165, 1.54) is 17.6 Å². The summed E-state index contributed by atoms with van der Waals surface area (Å²) < 4.78 is 22.5. The Morgan fingerprint density at radius 3 is 2.80 bits per heavy atom. The van der Waals surface area contributed by atoms with Gasteiger partial charge in [-0.15, -0.1) is 11.3 Å². The second-order valence-electron chi connectivity index (χ2n) is 3.32. The molecule has 86 valence electrons. The standard InChI is InChI=1S/C9H16N2O2S2/c1-3-10-6-4-5-8-7-11-9(14-8)15(2,12)13/h7,10H,3-6H2,1-2H3. The summed E-state index contributed by atoms with van der Waals surface area (Å²) in [5.41, 5.74) is 0. The van der Waals surface area contributed by atoms with Crippen molar-refractivity contribution in [2.45, 2.75) is 24.1 Å². The van der Waals surface area contributed by atoms with Crippen LogP contribution in [-0.4, -0.2) is 32.7 Å². The monoisotopic (exact) mass is 248 g/mol. The minimum atomic E-state index is -3.13. The molecule has 1 aromatic rings. The van der Waals surface area contributed by atoms with Gasteiger partial charge in [0.15, 0.2) is 0 Å². The average Bonchev–Trinajstić information content (AvgIpc) is 2.60. The zero-order valence-corrected chi connectivity index (χ0v) is 10.6. The Bertz CT molecular complexity index is 398. The number of nitrogens with one attached hydrogen (secondary N) is 1. The minimum Gasteiger partial charge on any atom is -0.317 e.